The smallest absolute Gasteiger partial charge is 0.245 e. The standard InChI is InChI=1S/C14H27N3O3/c1-4-14(5-2,10-15)13(19)17-7-8-20-9-11(17)12(18)16-6-3/h11H,4-10,15H2,1-3H3,(H,16,18). The first-order chi connectivity index (χ1) is 9.56. The van der Waals surface area contributed by atoms with Crippen molar-refractivity contribution >= 4 is 11.8 Å². The summed E-state index contributed by atoms with van der Waals surface area (Å²) in [4.78, 5) is 26.6. The number of rotatable bonds is 6. The number of amides is 2. The highest BCUT2D eigenvalue weighted by Gasteiger charge is 2.42. The minimum Gasteiger partial charge on any atom is -0.377 e. The van der Waals surface area contributed by atoms with E-state index in [1.165, 1.54) is 0 Å². The molecule has 0 aromatic carbocycles. The van der Waals surface area contributed by atoms with E-state index in [-0.39, 0.29) is 18.4 Å². The Labute approximate surface area is 121 Å². The number of ether oxygens (including phenoxy) is 1. The van der Waals surface area contributed by atoms with Crippen molar-refractivity contribution in [1.29, 1.82) is 0 Å². The van der Waals surface area contributed by atoms with Gasteiger partial charge in [0.1, 0.15) is 6.04 Å². The maximum Gasteiger partial charge on any atom is 0.245 e. The highest BCUT2D eigenvalue weighted by atomic mass is 16.5. The third-order valence-electron chi connectivity index (χ3n) is 4.24. The summed E-state index contributed by atoms with van der Waals surface area (Å²) in [5.74, 6) is -0.178. The Morgan fingerprint density at radius 2 is 2.00 bits per heavy atom. The van der Waals surface area contributed by atoms with Gasteiger partial charge in [-0.2, -0.15) is 0 Å². The summed E-state index contributed by atoms with van der Waals surface area (Å²) in [6, 6.07) is -0.541. The zero-order valence-electron chi connectivity index (χ0n) is 12.8. The molecule has 6 heteroatoms. The van der Waals surface area contributed by atoms with E-state index in [1.807, 2.05) is 20.8 Å². The van der Waals surface area contributed by atoms with E-state index in [2.05, 4.69) is 5.32 Å². The number of nitrogens with one attached hydrogen (secondary N) is 1. The maximum atomic E-state index is 12.8. The number of nitrogens with two attached hydrogens (primary N) is 1. The van der Waals surface area contributed by atoms with Gasteiger partial charge in [-0.25, -0.2) is 0 Å². The fraction of sp³-hybridized carbons (Fsp3) is 0.857. The molecule has 0 aromatic heterocycles. The van der Waals surface area contributed by atoms with Crippen molar-refractivity contribution in [1.82, 2.24) is 10.2 Å². The van der Waals surface area contributed by atoms with Crippen LogP contribution in [-0.4, -0.2) is 55.6 Å². The van der Waals surface area contributed by atoms with Gasteiger partial charge in [0.15, 0.2) is 0 Å². The van der Waals surface area contributed by atoms with Crippen molar-refractivity contribution in [2.45, 2.75) is 39.7 Å². The predicted octanol–water partition coefficient (Wildman–Crippen LogP) is 0.115. The van der Waals surface area contributed by atoms with Gasteiger partial charge >= 0.3 is 0 Å². The molecule has 2 amide bonds. The van der Waals surface area contributed by atoms with Crippen LogP contribution in [0.2, 0.25) is 0 Å². The lowest BCUT2D eigenvalue weighted by Gasteiger charge is -2.41. The summed E-state index contributed by atoms with van der Waals surface area (Å²) < 4.78 is 5.36. The first-order valence-electron chi connectivity index (χ1n) is 7.42. The second kappa shape index (κ2) is 7.59. The summed E-state index contributed by atoms with van der Waals surface area (Å²) >= 11 is 0. The Morgan fingerprint density at radius 3 is 2.50 bits per heavy atom. The molecule has 6 nitrogen and oxygen atoms in total. The topological polar surface area (TPSA) is 84.7 Å². The fourth-order valence-electron chi connectivity index (χ4n) is 2.59. The molecule has 0 saturated carbocycles. The summed E-state index contributed by atoms with van der Waals surface area (Å²) in [7, 11) is 0. The Hall–Kier alpha value is -1.14. The van der Waals surface area contributed by atoms with Crippen molar-refractivity contribution in [3.8, 4) is 0 Å². The van der Waals surface area contributed by atoms with Crippen LogP contribution in [0.3, 0.4) is 0 Å². The summed E-state index contributed by atoms with van der Waals surface area (Å²) in [6.45, 7) is 7.81. The summed E-state index contributed by atoms with van der Waals surface area (Å²) in [5.41, 5.74) is 5.27. The van der Waals surface area contributed by atoms with Gasteiger partial charge in [0.2, 0.25) is 11.8 Å². The van der Waals surface area contributed by atoms with Gasteiger partial charge in [-0.1, -0.05) is 13.8 Å². The first kappa shape index (κ1) is 16.9. The van der Waals surface area contributed by atoms with E-state index in [0.29, 0.717) is 39.1 Å². The number of carbonyl (C=O) groups excluding carboxylic acids is 2. The van der Waals surface area contributed by atoms with Crippen LogP contribution in [0.4, 0.5) is 0 Å². The van der Waals surface area contributed by atoms with Crippen LogP contribution in [-0.2, 0) is 14.3 Å². The quantitative estimate of drug-likeness (QED) is 0.725. The van der Waals surface area contributed by atoms with E-state index in [9.17, 15) is 9.59 Å². The second-order valence-electron chi connectivity index (χ2n) is 5.18. The molecule has 20 heavy (non-hydrogen) atoms. The van der Waals surface area contributed by atoms with Crippen LogP contribution >= 0.6 is 0 Å². The van der Waals surface area contributed by atoms with Crippen LogP contribution in [0.1, 0.15) is 33.6 Å². The van der Waals surface area contributed by atoms with Crippen molar-refractivity contribution in [3.63, 3.8) is 0 Å². The Balaban J connectivity index is 2.94. The van der Waals surface area contributed by atoms with E-state index < -0.39 is 11.5 Å². The van der Waals surface area contributed by atoms with E-state index in [1.54, 1.807) is 4.90 Å². The number of likely N-dealkylation sites (N-methyl/N-ethyl adjacent to an activating group) is 1. The molecule has 1 unspecified atom stereocenters. The molecular weight excluding hydrogens is 258 g/mol. The Morgan fingerprint density at radius 1 is 1.35 bits per heavy atom. The average molecular weight is 285 g/mol. The molecule has 0 aromatic rings. The number of hydrogen-bond donors (Lipinski definition) is 2. The lowest BCUT2D eigenvalue weighted by atomic mass is 9.80. The normalized spacial score (nSPS) is 19.8. The number of morpholine rings is 1. The SMILES string of the molecule is CCNC(=O)C1COCCN1C(=O)C(CC)(CC)CN. The van der Waals surface area contributed by atoms with E-state index in [0.717, 1.165) is 0 Å². The van der Waals surface area contributed by atoms with Crippen LogP contribution in [0.25, 0.3) is 0 Å². The zero-order valence-corrected chi connectivity index (χ0v) is 12.8. The van der Waals surface area contributed by atoms with Gasteiger partial charge in [-0.3, -0.25) is 9.59 Å². The predicted molar refractivity (Wildman–Crippen MR) is 77.1 cm³/mol. The Kier molecular flexibility index (Phi) is 6.42. The molecule has 116 valence electrons. The van der Waals surface area contributed by atoms with Gasteiger partial charge < -0.3 is 20.7 Å². The van der Waals surface area contributed by atoms with Crippen LogP contribution in [0, 0.1) is 5.41 Å². The molecule has 1 aliphatic rings. The number of carbonyl (C=O) groups is 2. The molecule has 1 aliphatic heterocycles. The molecular formula is C14H27N3O3. The molecule has 3 N–H and O–H groups in total. The highest BCUT2D eigenvalue weighted by Crippen LogP contribution is 2.29. The van der Waals surface area contributed by atoms with Gasteiger partial charge in [-0.05, 0) is 19.8 Å². The lowest BCUT2D eigenvalue weighted by molar-refractivity contribution is -0.156. The first-order valence-corrected chi connectivity index (χ1v) is 7.42. The molecule has 0 radical (unpaired) electrons. The Bertz CT molecular complexity index is 334. The number of hydrogen-bond acceptors (Lipinski definition) is 4. The summed E-state index contributed by atoms with van der Waals surface area (Å²) in [5, 5.41) is 2.76. The molecule has 1 heterocycles. The monoisotopic (exact) mass is 285 g/mol. The minimum atomic E-state index is -0.567. The molecule has 1 rings (SSSR count). The van der Waals surface area contributed by atoms with E-state index >= 15 is 0 Å². The fourth-order valence-corrected chi connectivity index (χ4v) is 2.59. The van der Waals surface area contributed by atoms with Gasteiger partial charge in [0, 0.05) is 19.6 Å². The second-order valence-corrected chi connectivity index (χ2v) is 5.18. The van der Waals surface area contributed by atoms with Crippen LogP contribution in [0.15, 0.2) is 0 Å². The maximum absolute atomic E-state index is 12.8. The minimum absolute atomic E-state index is 0.0236. The van der Waals surface area contributed by atoms with Gasteiger partial charge in [0.05, 0.1) is 18.6 Å². The molecule has 1 saturated heterocycles. The van der Waals surface area contributed by atoms with Gasteiger partial charge in [0.25, 0.3) is 0 Å². The van der Waals surface area contributed by atoms with Crippen molar-refractivity contribution < 1.29 is 14.3 Å². The zero-order chi connectivity index (χ0) is 15.2. The number of nitrogens with zero attached hydrogens (tertiary/aromatic N) is 1. The lowest BCUT2D eigenvalue weighted by Crippen LogP contribution is -2.60. The third kappa shape index (κ3) is 3.30. The van der Waals surface area contributed by atoms with Crippen molar-refractivity contribution in [2.75, 3.05) is 32.8 Å². The molecule has 1 atom stereocenters. The summed E-state index contributed by atoms with van der Waals surface area (Å²) in [6.07, 6.45) is 1.36. The van der Waals surface area contributed by atoms with Crippen LogP contribution in [0.5, 0.6) is 0 Å². The average Bonchev–Trinajstić information content (AvgIpc) is 2.49. The molecule has 0 aliphatic carbocycles. The van der Waals surface area contributed by atoms with Gasteiger partial charge in [-0.15, -0.1) is 0 Å². The van der Waals surface area contributed by atoms with Crippen molar-refractivity contribution in [2.24, 2.45) is 11.1 Å². The third-order valence-corrected chi connectivity index (χ3v) is 4.24. The largest absolute Gasteiger partial charge is 0.377 e. The molecule has 0 bridgehead atoms. The van der Waals surface area contributed by atoms with E-state index in [4.69, 9.17) is 10.5 Å². The molecule has 0 spiro atoms. The highest BCUT2D eigenvalue weighted by molar-refractivity contribution is 5.90. The van der Waals surface area contributed by atoms with Crippen LogP contribution < -0.4 is 11.1 Å². The van der Waals surface area contributed by atoms with Crippen molar-refractivity contribution in [3.05, 3.63) is 0 Å². The molecule has 1 fully saturated rings.